The molecule has 1 aliphatic heterocycles. The number of H-pyrrole nitrogens is 1. The summed E-state index contributed by atoms with van der Waals surface area (Å²) in [7, 11) is 0. The van der Waals surface area contributed by atoms with E-state index < -0.39 is 0 Å². The molecule has 0 saturated carbocycles. The van der Waals surface area contributed by atoms with Gasteiger partial charge in [0.15, 0.2) is 0 Å². The molecule has 1 aliphatic rings. The smallest absolute Gasteiger partial charge is 0.252 e. The number of aromatic nitrogens is 2. The van der Waals surface area contributed by atoms with Gasteiger partial charge in [0, 0.05) is 19.2 Å². The third kappa shape index (κ3) is 2.36. The topological polar surface area (TPSA) is 58.2 Å². The second kappa shape index (κ2) is 4.02. The summed E-state index contributed by atoms with van der Waals surface area (Å²) in [5, 5.41) is 0. The van der Waals surface area contributed by atoms with Gasteiger partial charge >= 0.3 is 0 Å². The molecular formula is C10H15N3O2. The summed E-state index contributed by atoms with van der Waals surface area (Å²) >= 11 is 0. The van der Waals surface area contributed by atoms with Crippen LogP contribution in [0.5, 0.6) is 0 Å². The van der Waals surface area contributed by atoms with E-state index in [-0.39, 0.29) is 11.7 Å². The Balaban J connectivity index is 2.24. The second-order valence-electron chi connectivity index (χ2n) is 3.82. The molecule has 0 amide bonds. The van der Waals surface area contributed by atoms with Crippen molar-refractivity contribution in [3.05, 3.63) is 22.2 Å². The van der Waals surface area contributed by atoms with Gasteiger partial charge in [0.05, 0.1) is 12.7 Å². The summed E-state index contributed by atoms with van der Waals surface area (Å²) in [6.45, 7) is 6.08. The molecule has 1 aromatic rings. The molecule has 1 unspecified atom stereocenters. The zero-order chi connectivity index (χ0) is 10.8. The maximum absolute atomic E-state index is 11.3. The first kappa shape index (κ1) is 10.2. The van der Waals surface area contributed by atoms with E-state index in [0.29, 0.717) is 12.4 Å². The Hall–Kier alpha value is -1.36. The molecule has 15 heavy (non-hydrogen) atoms. The Labute approximate surface area is 88.1 Å². The van der Waals surface area contributed by atoms with E-state index in [4.69, 9.17) is 4.74 Å². The van der Waals surface area contributed by atoms with E-state index in [0.717, 1.165) is 18.9 Å². The molecule has 1 aromatic heterocycles. The van der Waals surface area contributed by atoms with Crippen molar-refractivity contribution in [2.45, 2.75) is 20.0 Å². The van der Waals surface area contributed by atoms with Crippen LogP contribution in [0.15, 0.2) is 10.9 Å². The lowest BCUT2D eigenvalue weighted by atomic mass is 10.3. The fourth-order valence-corrected chi connectivity index (χ4v) is 1.75. The van der Waals surface area contributed by atoms with Crippen molar-refractivity contribution in [3.63, 3.8) is 0 Å². The molecule has 82 valence electrons. The van der Waals surface area contributed by atoms with Crippen molar-refractivity contribution in [1.82, 2.24) is 9.97 Å². The average molecular weight is 209 g/mol. The Morgan fingerprint density at radius 3 is 3.13 bits per heavy atom. The van der Waals surface area contributed by atoms with Crippen LogP contribution in [-0.2, 0) is 4.74 Å². The number of hydrogen-bond acceptors (Lipinski definition) is 4. The molecule has 1 saturated heterocycles. The van der Waals surface area contributed by atoms with E-state index in [2.05, 4.69) is 14.9 Å². The van der Waals surface area contributed by atoms with E-state index in [9.17, 15) is 4.79 Å². The van der Waals surface area contributed by atoms with Gasteiger partial charge in [-0.05, 0) is 13.8 Å². The lowest BCUT2D eigenvalue weighted by Crippen LogP contribution is -2.42. The largest absolute Gasteiger partial charge is 0.375 e. The summed E-state index contributed by atoms with van der Waals surface area (Å²) < 4.78 is 5.43. The summed E-state index contributed by atoms with van der Waals surface area (Å²) in [5.41, 5.74) is -0.100. The van der Waals surface area contributed by atoms with Crippen molar-refractivity contribution in [2.75, 3.05) is 24.6 Å². The molecule has 2 heterocycles. The van der Waals surface area contributed by atoms with E-state index in [1.807, 2.05) is 6.92 Å². The third-order valence-corrected chi connectivity index (χ3v) is 2.41. The van der Waals surface area contributed by atoms with E-state index >= 15 is 0 Å². The Morgan fingerprint density at radius 2 is 2.47 bits per heavy atom. The Morgan fingerprint density at radius 1 is 1.67 bits per heavy atom. The number of nitrogens with zero attached hydrogens (tertiary/aromatic N) is 2. The lowest BCUT2D eigenvalue weighted by molar-refractivity contribution is 0.0529. The molecular weight excluding hydrogens is 194 g/mol. The lowest BCUT2D eigenvalue weighted by Gasteiger charge is -2.31. The fraction of sp³-hybridized carbons (Fsp3) is 0.600. The zero-order valence-corrected chi connectivity index (χ0v) is 8.99. The average Bonchev–Trinajstić information content (AvgIpc) is 2.16. The van der Waals surface area contributed by atoms with Crippen LogP contribution in [0.1, 0.15) is 12.7 Å². The molecule has 0 spiro atoms. The van der Waals surface area contributed by atoms with Crippen LogP contribution in [0.4, 0.5) is 5.82 Å². The number of aromatic amines is 1. The number of ether oxygens (including phenoxy) is 1. The predicted molar refractivity (Wildman–Crippen MR) is 57.2 cm³/mol. The molecule has 1 atom stereocenters. The SMILES string of the molecule is Cc1nc(N2CCOC(C)C2)cc(=O)[nH]1. The minimum absolute atomic E-state index is 0.100. The number of anilines is 1. The van der Waals surface area contributed by atoms with Gasteiger partial charge in [-0.25, -0.2) is 4.98 Å². The minimum atomic E-state index is -0.100. The van der Waals surface area contributed by atoms with Gasteiger partial charge in [0.2, 0.25) is 0 Å². The number of aryl methyl sites for hydroxylation is 1. The third-order valence-electron chi connectivity index (χ3n) is 2.41. The summed E-state index contributed by atoms with van der Waals surface area (Å²) in [5.74, 6) is 1.39. The first-order valence-electron chi connectivity index (χ1n) is 5.09. The highest BCUT2D eigenvalue weighted by Crippen LogP contribution is 2.12. The van der Waals surface area contributed by atoms with Gasteiger partial charge in [-0.15, -0.1) is 0 Å². The standard InChI is InChI=1S/C10H15N3O2/c1-7-6-13(3-4-15-7)9-5-10(14)12-8(2)11-9/h5,7H,3-4,6H2,1-2H3,(H,11,12,14). The van der Waals surface area contributed by atoms with Crippen LogP contribution in [0.3, 0.4) is 0 Å². The van der Waals surface area contributed by atoms with Gasteiger partial charge in [0.1, 0.15) is 11.6 Å². The zero-order valence-electron chi connectivity index (χ0n) is 8.99. The number of nitrogens with one attached hydrogen (secondary N) is 1. The van der Waals surface area contributed by atoms with E-state index in [1.165, 1.54) is 6.07 Å². The first-order chi connectivity index (χ1) is 7.15. The first-order valence-corrected chi connectivity index (χ1v) is 5.09. The summed E-state index contributed by atoms with van der Waals surface area (Å²) in [6.07, 6.45) is 0.195. The summed E-state index contributed by atoms with van der Waals surface area (Å²) in [4.78, 5) is 20.3. The number of hydrogen-bond donors (Lipinski definition) is 1. The quantitative estimate of drug-likeness (QED) is 0.723. The highest BCUT2D eigenvalue weighted by molar-refractivity contribution is 5.37. The van der Waals surface area contributed by atoms with Gasteiger partial charge < -0.3 is 14.6 Å². The van der Waals surface area contributed by atoms with Crippen molar-refractivity contribution >= 4 is 5.82 Å². The molecule has 5 heteroatoms. The Bertz CT molecular complexity index is 402. The van der Waals surface area contributed by atoms with Crippen LogP contribution in [0.25, 0.3) is 0 Å². The molecule has 5 nitrogen and oxygen atoms in total. The molecule has 0 aromatic carbocycles. The van der Waals surface area contributed by atoms with E-state index in [1.54, 1.807) is 6.92 Å². The monoisotopic (exact) mass is 209 g/mol. The van der Waals surface area contributed by atoms with Crippen LogP contribution in [0, 0.1) is 6.92 Å². The highest BCUT2D eigenvalue weighted by Gasteiger charge is 2.18. The summed E-state index contributed by atoms with van der Waals surface area (Å²) in [6, 6.07) is 1.53. The van der Waals surface area contributed by atoms with Crippen LogP contribution < -0.4 is 10.5 Å². The van der Waals surface area contributed by atoms with Crippen LogP contribution in [-0.4, -0.2) is 35.8 Å². The number of morpholine rings is 1. The minimum Gasteiger partial charge on any atom is -0.375 e. The molecule has 0 radical (unpaired) electrons. The van der Waals surface area contributed by atoms with Crippen molar-refractivity contribution in [1.29, 1.82) is 0 Å². The maximum atomic E-state index is 11.3. The molecule has 1 fully saturated rings. The maximum Gasteiger partial charge on any atom is 0.252 e. The molecule has 0 bridgehead atoms. The molecule has 2 rings (SSSR count). The Kier molecular flexibility index (Phi) is 2.73. The van der Waals surface area contributed by atoms with Gasteiger partial charge in [0.25, 0.3) is 5.56 Å². The molecule has 1 N–H and O–H groups in total. The van der Waals surface area contributed by atoms with Crippen LogP contribution >= 0.6 is 0 Å². The second-order valence-corrected chi connectivity index (χ2v) is 3.82. The van der Waals surface area contributed by atoms with Crippen molar-refractivity contribution < 1.29 is 4.74 Å². The fourth-order valence-electron chi connectivity index (χ4n) is 1.75. The molecule has 0 aliphatic carbocycles. The number of rotatable bonds is 1. The van der Waals surface area contributed by atoms with Crippen molar-refractivity contribution in [2.24, 2.45) is 0 Å². The van der Waals surface area contributed by atoms with Gasteiger partial charge in [-0.3, -0.25) is 4.79 Å². The predicted octanol–water partition coefficient (Wildman–Crippen LogP) is 0.303. The normalized spacial score (nSPS) is 21.7. The van der Waals surface area contributed by atoms with Gasteiger partial charge in [-0.1, -0.05) is 0 Å². The highest BCUT2D eigenvalue weighted by atomic mass is 16.5. The van der Waals surface area contributed by atoms with Gasteiger partial charge in [-0.2, -0.15) is 0 Å². The van der Waals surface area contributed by atoms with Crippen LogP contribution in [0.2, 0.25) is 0 Å². The van der Waals surface area contributed by atoms with Crippen molar-refractivity contribution in [3.8, 4) is 0 Å².